The van der Waals surface area contributed by atoms with Crippen molar-refractivity contribution >= 4 is 11.5 Å². The second-order valence-corrected chi connectivity index (χ2v) is 4.93. The van der Waals surface area contributed by atoms with Crippen LogP contribution in [0.15, 0.2) is 6.08 Å². The Morgan fingerprint density at radius 1 is 1.33 bits per heavy atom. The number of halogens is 1. The predicted molar refractivity (Wildman–Crippen MR) is 70.0 cm³/mol. The van der Waals surface area contributed by atoms with E-state index in [1.807, 2.05) is 20.8 Å². The molecule has 4 nitrogen and oxygen atoms in total. The van der Waals surface area contributed by atoms with Crippen LogP contribution in [0.4, 0.5) is 10.3 Å². The van der Waals surface area contributed by atoms with E-state index in [4.69, 9.17) is 0 Å². The van der Waals surface area contributed by atoms with Gasteiger partial charge in [-0.25, -0.2) is 9.37 Å². The summed E-state index contributed by atoms with van der Waals surface area (Å²) in [5.74, 6) is 1.83. The summed E-state index contributed by atoms with van der Waals surface area (Å²) in [6, 6.07) is 0.258. The number of nitrogens with zero attached hydrogens (tertiary/aromatic N) is 3. The topological polar surface area (TPSA) is 50.7 Å². The van der Waals surface area contributed by atoms with Gasteiger partial charge >= 0.3 is 0 Å². The molecule has 2 rings (SSSR count). The Labute approximate surface area is 107 Å². The molecule has 0 aromatic carbocycles. The van der Waals surface area contributed by atoms with E-state index in [-0.39, 0.29) is 6.04 Å². The zero-order valence-corrected chi connectivity index (χ0v) is 11.1. The van der Waals surface area contributed by atoms with Gasteiger partial charge in [0, 0.05) is 6.04 Å². The number of alkyl halides is 1. The minimum atomic E-state index is -0.868. The molecular formula is C13H19FN4. The van der Waals surface area contributed by atoms with Gasteiger partial charge in [0.05, 0.1) is 0 Å². The summed E-state index contributed by atoms with van der Waals surface area (Å²) >= 11 is 0. The first-order chi connectivity index (χ1) is 8.54. The van der Waals surface area contributed by atoms with E-state index < -0.39 is 6.17 Å². The van der Waals surface area contributed by atoms with Crippen molar-refractivity contribution < 1.29 is 4.39 Å². The smallest absolute Gasteiger partial charge is 0.226 e. The lowest BCUT2D eigenvalue weighted by molar-refractivity contribution is 0.364. The van der Waals surface area contributed by atoms with Crippen molar-refractivity contribution in [2.75, 3.05) is 5.32 Å². The van der Waals surface area contributed by atoms with Gasteiger partial charge < -0.3 is 5.32 Å². The largest absolute Gasteiger partial charge is 0.352 e. The molecule has 0 fully saturated rings. The molecule has 0 bridgehead atoms. The molecule has 0 amide bonds. The molecule has 5 heteroatoms. The third kappa shape index (κ3) is 3.24. The fourth-order valence-electron chi connectivity index (χ4n) is 2.01. The number of allylic oxidation sites excluding steroid dienone is 2. The van der Waals surface area contributed by atoms with Crippen LogP contribution in [0.2, 0.25) is 0 Å². The highest BCUT2D eigenvalue weighted by Gasteiger charge is 2.16. The van der Waals surface area contributed by atoms with Gasteiger partial charge in [-0.3, -0.25) is 0 Å². The molecule has 0 aliphatic heterocycles. The van der Waals surface area contributed by atoms with Gasteiger partial charge in [0.2, 0.25) is 5.95 Å². The third-order valence-corrected chi connectivity index (χ3v) is 2.76. The van der Waals surface area contributed by atoms with E-state index in [1.165, 1.54) is 0 Å². The number of rotatable bonds is 3. The summed E-state index contributed by atoms with van der Waals surface area (Å²) in [5, 5.41) is 3.15. The highest BCUT2D eigenvalue weighted by molar-refractivity contribution is 5.61. The molecule has 1 unspecified atom stereocenters. The summed E-state index contributed by atoms with van der Waals surface area (Å²) in [6.45, 7) is 5.87. The molecule has 0 saturated heterocycles. The van der Waals surface area contributed by atoms with Crippen molar-refractivity contribution in [2.24, 2.45) is 0 Å². The van der Waals surface area contributed by atoms with Crippen LogP contribution in [-0.2, 0) is 0 Å². The number of aromatic nitrogens is 3. The number of aryl methyl sites for hydroxylation is 1. The van der Waals surface area contributed by atoms with Crippen molar-refractivity contribution in [3.05, 3.63) is 17.7 Å². The average molecular weight is 250 g/mol. The van der Waals surface area contributed by atoms with Gasteiger partial charge in [-0.05, 0) is 51.7 Å². The molecule has 0 saturated carbocycles. The van der Waals surface area contributed by atoms with E-state index in [1.54, 1.807) is 6.08 Å². The van der Waals surface area contributed by atoms with Gasteiger partial charge in [0.1, 0.15) is 12.0 Å². The Hall–Kier alpha value is -1.52. The molecule has 1 aliphatic rings. The first-order valence-corrected chi connectivity index (χ1v) is 6.39. The van der Waals surface area contributed by atoms with E-state index in [0.29, 0.717) is 24.0 Å². The minimum absolute atomic E-state index is 0.258. The Morgan fingerprint density at radius 3 is 2.78 bits per heavy atom. The second-order valence-electron chi connectivity index (χ2n) is 4.93. The number of hydrogen-bond acceptors (Lipinski definition) is 4. The van der Waals surface area contributed by atoms with E-state index in [9.17, 15) is 4.39 Å². The maximum absolute atomic E-state index is 13.4. The third-order valence-electron chi connectivity index (χ3n) is 2.76. The zero-order valence-electron chi connectivity index (χ0n) is 11.1. The van der Waals surface area contributed by atoms with Gasteiger partial charge in [0.15, 0.2) is 5.82 Å². The summed E-state index contributed by atoms with van der Waals surface area (Å²) < 4.78 is 13.4. The van der Waals surface area contributed by atoms with Gasteiger partial charge in [-0.15, -0.1) is 0 Å². The normalized spacial score (nSPS) is 19.8. The molecule has 1 aromatic heterocycles. The Bertz CT molecular complexity index is 456. The fourth-order valence-corrected chi connectivity index (χ4v) is 2.01. The van der Waals surface area contributed by atoms with Gasteiger partial charge in [0.25, 0.3) is 0 Å². The lowest BCUT2D eigenvalue weighted by Crippen LogP contribution is -2.15. The molecule has 1 aromatic rings. The Kier molecular flexibility index (Phi) is 3.89. The van der Waals surface area contributed by atoms with Crippen LogP contribution in [0.5, 0.6) is 0 Å². The van der Waals surface area contributed by atoms with Crippen molar-refractivity contribution in [1.29, 1.82) is 0 Å². The fraction of sp³-hybridized carbons (Fsp3) is 0.615. The molecular weight excluding hydrogens is 231 g/mol. The number of hydrogen-bond donors (Lipinski definition) is 1. The molecule has 0 spiro atoms. The van der Waals surface area contributed by atoms with Crippen LogP contribution in [0.25, 0.3) is 5.57 Å². The molecule has 1 atom stereocenters. The van der Waals surface area contributed by atoms with Crippen LogP contribution >= 0.6 is 0 Å². The molecule has 1 aliphatic carbocycles. The quantitative estimate of drug-likeness (QED) is 0.896. The van der Waals surface area contributed by atoms with Gasteiger partial charge in [-0.2, -0.15) is 9.97 Å². The maximum atomic E-state index is 13.4. The zero-order chi connectivity index (χ0) is 13.1. The number of nitrogens with one attached hydrogen (secondary N) is 1. The monoisotopic (exact) mass is 250 g/mol. The molecule has 98 valence electrons. The molecule has 0 radical (unpaired) electrons. The van der Waals surface area contributed by atoms with Crippen molar-refractivity contribution in [3.63, 3.8) is 0 Å². The molecule has 18 heavy (non-hydrogen) atoms. The SMILES string of the molecule is Cc1nc(NC(C)C)nc(C2=CC(F)CCC2)n1. The highest BCUT2D eigenvalue weighted by Crippen LogP contribution is 2.26. The predicted octanol–water partition coefficient (Wildman–Crippen LogP) is 2.91. The lowest BCUT2D eigenvalue weighted by atomic mass is 9.98. The van der Waals surface area contributed by atoms with E-state index in [2.05, 4.69) is 20.3 Å². The Morgan fingerprint density at radius 2 is 2.11 bits per heavy atom. The number of anilines is 1. The van der Waals surface area contributed by atoms with Crippen molar-refractivity contribution in [2.45, 2.75) is 52.2 Å². The first kappa shape index (κ1) is 12.9. The lowest BCUT2D eigenvalue weighted by Gasteiger charge is -2.16. The first-order valence-electron chi connectivity index (χ1n) is 6.39. The maximum Gasteiger partial charge on any atom is 0.226 e. The van der Waals surface area contributed by atoms with E-state index in [0.717, 1.165) is 18.4 Å². The van der Waals surface area contributed by atoms with Crippen LogP contribution in [0.1, 0.15) is 44.8 Å². The molecule has 1 N–H and O–H groups in total. The van der Waals surface area contributed by atoms with Crippen LogP contribution in [-0.4, -0.2) is 27.2 Å². The second kappa shape index (κ2) is 5.42. The van der Waals surface area contributed by atoms with Crippen LogP contribution in [0, 0.1) is 6.92 Å². The van der Waals surface area contributed by atoms with Gasteiger partial charge in [-0.1, -0.05) is 0 Å². The Balaban J connectivity index is 2.30. The van der Waals surface area contributed by atoms with Crippen LogP contribution in [0.3, 0.4) is 0 Å². The highest BCUT2D eigenvalue weighted by atomic mass is 19.1. The average Bonchev–Trinajstić information content (AvgIpc) is 2.27. The van der Waals surface area contributed by atoms with Crippen molar-refractivity contribution in [1.82, 2.24) is 15.0 Å². The van der Waals surface area contributed by atoms with Crippen LogP contribution < -0.4 is 5.32 Å². The summed E-state index contributed by atoms with van der Waals surface area (Å²) in [7, 11) is 0. The summed E-state index contributed by atoms with van der Waals surface area (Å²) in [6.07, 6.45) is 3.06. The summed E-state index contributed by atoms with van der Waals surface area (Å²) in [5.41, 5.74) is 0.894. The van der Waals surface area contributed by atoms with E-state index >= 15 is 0 Å². The van der Waals surface area contributed by atoms with Crippen molar-refractivity contribution in [3.8, 4) is 0 Å². The summed E-state index contributed by atoms with van der Waals surface area (Å²) in [4.78, 5) is 12.9. The standard InChI is InChI=1S/C13H19FN4/c1-8(2)15-13-17-9(3)16-12(18-13)10-5-4-6-11(14)7-10/h7-8,11H,4-6H2,1-3H3,(H,15,16,17,18). The molecule has 1 heterocycles. The minimum Gasteiger partial charge on any atom is -0.352 e.